The summed E-state index contributed by atoms with van der Waals surface area (Å²) in [5, 5.41) is 0. The highest BCUT2D eigenvalue weighted by atomic mass is 16.5. The van der Waals surface area contributed by atoms with Gasteiger partial charge in [0, 0.05) is 12.2 Å². The summed E-state index contributed by atoms with van der Waals surface area (Å²) < 4.78 is 5.63. The summed E-state index contributed by atoms with van der Waals surface area (Å²) in [5.41, 5.74) is 2.30. The molecule has 2 heteroatoms. The SMILES string of the molecule is CCC1OCCC1C(=O)c1ccc(C(C)(C)CC)cc1. The molecule has 0 aliphatic carbocycles. The zero-order valence-corrected chi connectivity index (χ0v) is 13.1. The van der Waals surface area contributed by atoms with Gasteiger partial charge < -0.3 is 4.74 Å². The fraction of sp³-hybridized carbons (Fsp3) is 0.611. The maximum Gasteiger partial charge on any atom is 0.168 e. The van der Waals surface area contributed by atoms with Crippen molar-refractivity contribution in [3.8, 4) is 0 Å². The Kier molecular flexibility index (Phi) is 4.64. The first-order valence-corrected chi connectivity index (χ1v) is 7.76. The van der Waals surface area contributed by atoms with Crippen molar-refractivity contribution in [2.75, 3.05) is 6.61 Å². The molecule has 0 radical (unpaired) electrons. The van der Waals surface area contributed by atoms with Crippen molar-refractivity contribution in [1.29, 1.82) is 0 Å². The number of hydrogen-bond donors (Lipinski definition) is 0. The predicted octanol–water partition coefficient (Wildman–Crippen LogP) is 4.37. The van der Waals surface area contributed by atoms with E-state index in [2.05, 4.69) is 39.8 Å². The Hall–Kier alpha value is -1.15. The molecular formula is C18H26O2. The van der Waals surface area contributed by atoms with E-state index in [1.165, 1.54) is 5.56 Å². The molecule has 2 atom stereocenters. The Balaban J connectivity index is 2.16. The average Bonchev–Trinajstić information content (AvgIpc) is 2.95. The lowest BCUT2D eigenvalue weighted by Crippen LogP contribution is -2.24. The quantitative estimate of drug-likeness (QED) is 0.745. The standard InChI is InChI=1S/C18H26O2/c1-5-16-15(11-12-20-16)17(19)13-7-9-14(10-8-13)18(3,4)6-2/h7-10,15-16H,5-6,11-12H2,1-4H3. The highest BCUT2D eigenvalue weighted by molar-refractivity contribution is 5.98. The monoisotopic (exact) mass is 274 g/mol. The molecule has 1 fully saturated rings. The molecule has 1 heterocycles. The van der Waals surface area contributed by atoms with Gasteiger partial charge >= 0.3 is 0 Å². The van der Waals surface area contributed by atoms with Crippen LogP contribution in [0.25, 0.3) is 0 Å². The van der Waals surface area contributed by atoms with Gasteiger partial charge in [-0.15, -0.1) is 0 Å². The summed E-state index contributed by atoms with van der Waals surface area (Å²) in [6, 6.07) is 8.18. The van der Waals surface area contributed by atoms with Gasteiger partial charge in [-0.1, -0.05) is 52.0 Å². The van der Waals surface area contributed by atoms with Crippen molar-refractivity contribution in [3.63, 3.8) is 0 Å². The summed E-state index contributed by atoms with van der Waals surface area (Å²) in [7, 11) is 0. The van der Waals surface area contributed by atoms with Gasteiger partial charge in [0.05, 0.1) is 12.0 Å². The van der Waals surface area contributed by atoms with Gasteiger partial charge in [0.15, 0.2) is 5.78 Å². The van der Waals surface area contributed by atoms with Crippen LogP contribution in [0.4, 0.5) is 0 Å². The largest absolute Gasteiger partial charge is 0.377 e. The zero-order valence-electron chi connectivity index (χ0n) is 13.1. The number of ether oxygens (including phenoxy) is 1. The highest BCUT2D eigenvalue weighted by Crippen LogP contribution is 2.29. The van der Waals surface area contributed by atoms with Crippen LogP contribution < -0.4 is 0 Å². The minimum atomic E-state index is 0.0463. The second kappa shape index (κ2) is 6.09. The maximum atomic E-state index is 12.6. The molecule has 110 valence electrons. The fourth-order valence-electron chi connectivity index (χ4n) is 2.85. The average molecular weight is 274 g/mol. The van der Waals surface area contributed by atoms with Gasteiger partial charge in [-0.3, -0.25) is 4.79 Å². The lowest BCUT2D eigenvalue weighted by Gasteiger charge is -2.23. The molecule has 1 saturated heterocycles. The van der Waals surface area contributed by atoms with E-state index >= 15 is 0 Å². The lowest BCUT2D eigenvalue weighted by atomic mass is 9.81. The number of Topliss-reactive ketones (excluding diaryl/α,β-unsaturated/α-hetero) is 1. The number of carbonyl (C=O) groups excluding carboxylic acids is 1. The molecule has 2 nitrogen and oxygen atoms in total. The maximum absolute atomic E-state index is 12.6. The summed E-state index contributed by atoms with van der Waals surface area (Å²) in [4.78, 5) is 12.6. The van der Waals surface area contributed by atoms with E-state index in [0.717, 1.165) is 31.4 Å². The molecule has 0 amide bonds. The molecule has 1 aromatic carbocycles. The van der Waals surface area contributed by atoms with Crippen LogP contribution >= 0.6 is 0 Å². The number of hydrogen-bond acceptors (Lipinski definition) is 2. The van der Waals surface area contributed by atoms with Crippen LogP contribution in [0.15, 0.2) is 24.3 Å². The summed E-state index contributed by atoms with van der Waals surface area (Å²) in [6.45, 7) is 9.48. The van der Waals surface area contributed by atoms with Crippen LogP contribution in [-0.4, -0.2) is 18.5 Å². The molecule has 2 rings (SSSR count). The second-order valence-corrected chi connectivity index (χ2v) is 6.39. The van der Waals surface area contributed by atoms with E-state index in [1.807, 2.05) is 12.1 Å². The first-order valence-electron chi connectivity index (χ1n) is 7.76. The smallest absolute Gasteiger partial charge is 0.168 e. The molecule has 20 heavy (non-hydrogen) atoms. The molecule has 2 unspecified atom stereocenters. The van der Waals surface area contributed by atoms with Crippen molar-refractivity contribution in [2.24, 2.45) is 5.92 Å². The third-order valence-corrected chi connectivity index (χ3v) is 4.78. The van der Waals surface area contributed by atoms with Crippen LogP contribution in [0.1, 0.15) is 62.9 Å². The number of carbonyl (C=O) groups is 1. The zero-order chi connectivity index (χ0) is 14.8. The van der Waals surface area contributed by atoms with E-state index in [-0.39, 0.29) is 23.2 Å². The van der Waals surface area contributed by atoms with E-state index in [0.29, 0.717) is 0 Å². The van der Waals surface area contributed by atoms with Gasteiger partial charge in [-0.2, -0.15) is 0 Å². The Morgan fingerprint density at radius 2 is 1.90 bits per heavy atom. The number of rotatable bonds is 5. The van der Waals surface area contributed by atoms with Crippen molar-refractivity contribution >= 4 is 5.78 Å². The fourth-order valence-corrected chi connectivity index (χ4v) is 2.85. The highest BCUT2D eigenvalue weighted by Gasteiger charge is 2.33. The number of ketones is 1. The molecular weight excluding hydrogens is 248 g/mol. The molecule has 1 aromatic rings. The Morgan fingerprint density at radius 1 is 1.25 bits per heavy atom. The molecule has 0 bridgehead atoms. The van der Waals surface area contributed by atoms with Crippen molar-refractivity contribution in [2.45, 2.75) is 58.5 Å². The van der Waals surface area contributed by atoms with Crippen molar-refractivity contribution in [1.82, 2.24) is 0 Å². The molecule has 1 aliphatic rings. The van der Waals surface area contributed by atoms with Crippen LogP contribution in [0, 0.1) is 5.92 Å². The molecule has 0 N–H and O–H groups in total. The molecule has 1 aliphatic heterocycles. The predicted molar refractivity (Wildman–Crippen MR) is 82.2 cm³/mol. The van der Waals surface area contributed by atoms with Gasteiger partial charge in [-0.05, 0) is 30.2 Å². The van der Waals surface area contributed by atoms with Crippen molar-refractivity contribution in [3.05, 3.63) is 35.4 Å². The van der Waals surface area contributed by atoms with Crippen LogP contribution in [0.2, 0.25) is 0 Å². The van der Waals surface area contributed by atoms with E-state index in [9.17, 15) is 4.79 Å². The Morgan fingerprint density at radius 3 is 2.45 bits per heavy atom. The molecule has 0 spiro atoms. The minimum absolute atomic E-state index is 0.0463. The molecule has 0 saturated carbocycles. The van der Waals surface area contributed by atoms with Crippen LogP contribution in [-0.2, 0) is 10.2 Å². The minimum Gasteiger partial charge on any atom is -0.377 e. The summed E-state index contributed by atoms with van der Waals surface area (Å²) in [5.74, 6) is 0.292. The first-order chi connectivity index (χ1) is 9.49. The van der Waals surface area contributed by atoms with Gasteiger partial charge in [0.1, 0.15) is 0 Å². The van der Waals surface area contributed by atoms with Crippen LogP contribution in [0.3, 0.4) is 0 Å². The van der Waals surface area contributed by atoms with E-state index in [1.54, 1.807) is 0 Å². The third kappa shape index (κ3) is 2.95. The van der Waals surface area contributed by atoms with Gasteiger partial charge in [-0.25, -0.2) is 0 Å². The molecule has 0 aromatic heterocycles. The van der Waals surface area contributed by atoms with E-state index in [4.69, 9.17) is 4.74 Å². The Bertz CT molecular complexity index is 459. The third-order valence-electron chi connectivity index (χ3n) is 4.78. The van der Waals surface area contributed by atoms with E-state index < -0.39 is 0 Å². The topological polar surface area (TPSA) is 26.3 Å². The second-order valence-electron chi connectivity index (χ2n) is 6.39. The summed E-state index contributed by atoms with van der Waals surface area (Å²) >= 11 is 0. The lowest BCUT2D eigenvalue weighted by molar-refractivity contribution is 0.0689. The Labute approximate surface area is 122 Å². The first kappa shape index (κ1) is 15.2. The summed E-state index contributed by atoms with van der Waals surface area (Å²) in [6.07, 6.45) is 2.97. The van der Waals surface area contributed by atoms with Crippen molar-refractivity contribution < 1.29 is 9.53 Å². The number of benzene rings is 1. The van der Waals surface area contributed by atoms with Gasteiger partial charge in [0.2, 0.25) is 0 Å². The van der Waals surface area contributed by atoms with Gasteiger partial charge in [0.25, 0.3) is 0 Å². The normalized spacial score (nSPS) is 23.0. The van der Waals surface area contributed by atoms with Crippen LogP contribution in [0.5, 0.6) is 0 Å².